The van der Waals surface area contributed by atoms with Gasteiger partial charge in [-0.25, -0.2) is 4.98 Å². The number of nitrogens with one attached hydrogen (secondary N) is 1. The van der Waals surface area contributed by atoms with Crippen LogP contribution in [0.3, 0.4) is 0 Å². The van der Waals surface area contributed by atoms with E-state index < -0.39 is 12.2 Å². The predicted molar refractivity (Wildman–Crippen MR) is 86.4 cm³/mol. The zero-order chi connectivity index (χ0) is 15.1. The number of anilines is 2. The first-order valence-electron chi connectivity index (χ1n) is 7.01. The van der Waals surface area contributed by atoms with Crippen LogP contribution >= 0.6 is 11.3 Å². The number of hydrogen-bond acceptors (Lipinski definition) is 5. The lowest BCUT2D eigenvalue weighted by atomic mass is 9.89. The molecule has 0 amide bonds. The molecule has 0 fully saturated rings. The number of benzene rings is 2. The Hall–Kier alpha value is -2.21. The van der Waals surface area contributed by atoms with Crippen molar-refractivity contribution in [1.29, 1.82) is 0 Å². The molecule has 3 N–H and O–H groups in total. The fourth-order valence-corrected chi connectivity index (χ4v) is 3.75. The second-order valence-corrected chi connectivity index (χ2v) is 6.22. The van der Waals surface area contributed by atoms with Crippen molar-refractivity contribution < 1.29 is 10.2 Å². The summed E-state index contributed by atoms with van der Waals surface area (Å²) in [6.07, 6.45) is -1.53. The molecule has 3 aromatic rings. The number of nitrogens with zero attached hydrogens (tertiary/aromatic N) is 1. The molecule has 0 saturated heterocycles. The number of para-hydroxylation sites is 1. The summed E-state index contributed by atoms with van der Waals surface area (Å²) in [5.41, 5.74) is 2.93. The Balaban J connectivity index is 1.74. The number of aromatic nitrogens is 1. The van der Waals surface area contributed by atoms with Gasteiger partial charge in [0.25, 0.3) is 0 Å². The van der Waals surface area contributed by atoms with E-state index >= 15 is 0 Å². The van der Waals surface area contributed by atoms with Gasteiger partial charge < -0.3 is 15.5 Å². The van der Waals surface area contributed by atoms with Crippen LogP contribution in [0.4, 0.5) is 10.8 Å². The largest absolute Gasteiger partial charge is 0.383 e. The lowest BCUT2D eigenvalue weighted by Gasteiger charge is -2.24. The summed E-state index contributed by atoms with van der Waals surface area (Å²) in [5.74, 6) is 0. The molecule has 1 aliphatic rings. The normalized spacial score (nSPS) is 19.4. The highest BCUT2D eigenvalue weighted by molar-refractivity contribution is 7.15. The summed E-state index contributed by atoms with van der Waals surface area (Å²) >= 11 is 1.37. The van der Waals surface area contributed by atoms with Gasteiger partial charge in [-0.3, -0.25) is 0 Å². The van der Waals surface area contributed by atoms with E-state index in [1.54, 1.807) is 0 Å². The third-order valence-electron chi connectivity index (χ3n) is 3.80. The van der Waals surface area contributed by atoms with Crippen LogP contribution in [-0.4, -0.2) is 15.2 Å². The minimum absolute atomic E-state index is 0.537. The van der Waals surface area contributed by atoms with E-state index in [0.717, 1.165) is 16.8 Å². The van der Waals surface area contributed by atoms with Crippen molar-refractivity contribution in [3.8, 4) is 0 Å². The summed E-state index contributed by atoms with van der Waals surface area (Å²) in [7, 11) is 0. The van der Waals surface area contributed by atoms with Gasteiger partial charge in [-0.2, -0.15) is 0 Å². The fraction of sp³-hybridized carbons (Fsp3) is 0.118. The number of aliphatic hydroxyl groups is 2. The SMILES string of the molecule is OC1c2ccccc2C(O)c2sc(Nc3ccccc3)nc21. The van der Waals surface area contributed by atoms with Crippen LogP contribution < -0.4 is 5.32 Å². The summed E-state index contributed by atoms with van der Waals surface area (Å²) in [5, 5.41) is 24.9. The Kier molecular flexibility index (Phi) is 3.18. The molecular weight excluding hydrogens is 296 g/mol. The minimum atomic E-state index is -0.794. The molecule has 0 spiro atoms. The van der Waals surface area contributed by atoms with Crippen molar-refractivity contribution in [1.82, 2.24) is 4.98 Å². The molecule has 1 heterocycles. The Bertz CT molecular complexity index is 770. The second-order valence-electron chi connectivity index (χ2n) is 5.19. The van der Waals surface area contributed by atoms with E-state index in [1.807, 2.05) is 54.6 Å². The first kappa shape index (κ1) is 13.5. The van der Waals surface area contributed by atoms with Crippen molar-refractivity contribution in [3.63, 3.8) is 0 Å². The smallest absolute Gasteiger partial charge is 0.187 e. The van der Waals surface area contributed by atoms with Gasteiger partial charge in [-0.05, 0) is 23.3 Å². The molecule has 4 rings (SSSR count). The van der Waals surface area contributed by atoms with Crippen LogP contribution in [0.15, 0.2) is 54.6 Å². The van der Waals surface area contributed by atoms with Crippen molar-refractivity contribution in [2.75, 3.05) is 5.32 Å². The molecule has 1 aromatic heterocycles. The fourth-order valence-electron chi connectivity index (χ4n) is 2.73. The first-order valence-corrected chi connectivity index (χ1v) is 7.83. The average molecular weight is 310 g/mol. The summed E-state index contributed by atoms with van der Waals surface area (Å²) < 4.78 is 0. The second kappa shape index (κ2) is 5.21. The maximum atomic E-state index is 10.5. The van der Waals surface area contributed by atoms with Gasteiger partial charge >= 0.3 is 0 Å². The number of thiazole rings is 1. The van der Waals surface area contributed by atoms with Crippen LogP contribution in [0, 0.1) is 0 Å². The molecule has 22 heavy (non-hydrogen) atoms. The summed E-state index contributed by atoms with van der Waals surface area (Å²) in [4.78, 5) is 5.17. The van der Waals surface area contributed by atoms with Crippen LogP contribution in [0.1, 0.15) is 33.9 Å². The Morgan fingerprint density at radius 3 is 2.23 bits per heavy atom. The molecule has 110 valence electrons. The van der Waals surface area contributed by atoms with E-state index in [-0.39, 0.29) is 0 Å². The third kappa shape index (κ3) is 2.11. The van der Waals surface area contributed by atoms with Crippen LogP contribution in [-0.2, 0) is 0 Å². The van der Waals surface area contributed by atoms with Crippen molar-refractivity contribution in [2.24, 2.45) is 0 Å². The highest BCUT2D eigenvalue weighted by atomic mass is 32.1. The molecule has 2 atom stereocenters. The topological polar surface area (TPSA) is 65.4 Å². The van der Waals surface area contributed by atoms with E-state index in [2.05, 4.69) is 10.3 Å². The van der Waals surface area contributed by atoms with Gasteiger partial charge in [0, 0.05) is 5.69 Å². The minimum Gasteiger partial charge on any atom is -0.383 e. The van der Waals surface area contributed by atoms with Gasteiger partial charge in [0.2, 0.25) is 0 Å². The predicted octanol–water partition coefficient (Wildman–Crippen LogP) is 3.36. The van der Waals surface area contributed by atoms with Gasteiger partial charge in [-0.1, -0.05) is 53.8 Å². The van der Waals surface area contributed by atoms with E-state index in [4.69, 9.17) is 0 Å². The maximum absolute atomic E-state index is 10.5. The molecule has 0 radical (unpaired) electrons. The number of rotatable bonds is 2. The average Bonchev–Trinajstić information content (AvgIpc) is 2.98. The third-order valence-corrected chi connectivity index (χ3v) is 4.84. The van der Waals surface area contributed by atoms with Crippen LogP contribution in [0.2, 0.25) is 0 Å². The number of aliphatic hydroxyl groups excluding tert-OH is 2. The quantitative estimate of drug-likeness (QED) is 0.679. The molecule has 4 nitrogen and oxygen atoms in total. The number of hydrogen-bond donors (Lipinski definition) is 3. The highest BCUT2D eigenvalue weighted by Crippen LogP contribution is 2.44. The molecule has 1 aliphatic carbocycles. The van der Waals surface area contributed by atoms with Crippen molar-refractivity contribution in [2.45, 2.75) is 12.2 Å². The molecule has 2 unspecified atom stereocenters. The summed E-state index contributed by atoms with van der Waals surface area (Å²) in [6.45, 7) is 0. The Morgan fingerprint density at radius 2 is 1.50 bits per heavy atom. The lowest BCUT2D eigenvalue weighted by Crippen LogP contribution is -2.16. The van der Waals surface area contributed by atoms with Gasteiger partial charge in [0.15, 0.2) is 5.13 Å². The van der Waals surface area contributed by atoms with Crippen LogP contribution in [0.25, 0.3) is 0 Å². The van der Waals surface area contributed by atoms with Gasteiger partial charge in [-0.15, -0.1) is 0 Å². The van der Waals surface area contributed by atoms with E-state index in [1.165, 1.54) is 11.3 Å². The maximum Gasteiger partial charge on any atom is 0.187 e. The van der Waals surface area contributed by atoms with E-state index in [0.29, 0.717) is 15.7 Å². The molecule has 0 bridgehead atoms. The Labute approximate surface area is 131 Å². The molecule has 0 saturated carbocycles. The summed E-state index contributed by atoms with van der Waals surface area (Å²) in [6, 6.07) is 17.1. The Morgan fingerprint density at radius 1 is 0.864 bits per heavy atom. The highest BCUT2D eigenvalue weighted by Gasteiger charge is 2.33. The van der Waals surface area contributed by atoms with Gasteiger partial charge in [0.1, 0.15) is 12.2 Å². The standard InChI is InChI=1S/C17H14N2O2S/c20-14-11-8-4-5-9-12(11)15(21)16-13(14)19-17(22-16)18-10-6-2-1-3-7-10/h1-9,14-15,20-21H,(H,18,19). The van der Waals surface area contributed by atoms with Crippen molar-refractivity contribution in [3.05, 3.63) is 76.3 Å². The number of fused-ring (bicyclic) bond motifs is 2. The molecular formula is C17H14N2O2S. The van der Waals surface area contributed by atoms with Crippen molar-refractivity contribution >= 4 is 22.2 Å². The van der Waals surface area contributed by atoms with Crippen LogP contribution in [0.5, 0.6) is 0 Å². The molecule has 2 aromatic carbocycles. The lowest BCUT2D eigenvalue weighted by molar-refractivity contribution is 0.173. The zero-order valence-electron chi connectivity index (χ0n) is 11.6. The monoisotopic (exact) mass is 310 g/mol. The zero-order valence-corrected chi connectivity index (χ0v) is 12.4. The van der Waals surface area contributed by atoms with Gasteiger partial charge in [0.05, 0.1) is 10.6 Å². The molecule has 0 aliphatic heterocycles. The first-order chi connectivity index (χ1) is 10.7. The molecule has 5 heteroatoms. The van der Waals surface area contributed by atoms with E-state index in [9.17, 15) is 10.2 Å².